The molecule has 112 valence electrons. The first-order valence-corrected chi connectivity index (χ1v) is 7.29. The SMILES string of the molecule is CCc1ccc(C(COc2ccc(F)c(C)c2)NC)cc1. The first-order chi connectivity index (χ1) is 10.1. The number of ether oxygens (including phenoxy) is 1. The molecule has 0 fully saturated rings. The van der Waals surface area contributed by atoms with Crippen LogP contribution in [-0.4, -0.2) is 13.7 Å². The maximum Gasteiger partial charge on any atom is 0.126 e. The molecule has 2 aromatic carbocycles. The van der Waals surface area contributed by atoms with Gasteiger partial charge in [0.2, 0.25) is 0 Å². The number of halogens is 1. The van der Waals surface area contributed by atoms with Crippen LogP contribution >= 0.6 is 0 Å². The van der Waals surface area contributed by atoms with Crippen LogP contribution in [0.5, 0.6) is 5.75 Å². The van der Waals surface area contributed by atoms with E-state index in [-0.39, 0.29) is 11.9 Å². The number of rotatable bonds is 6. The van der Waals surface area contributed by atoms with Crippen LogP contribution in [0.4, 0.5) is 4.39 Å². The van der Waals surface area contributed by atoms with E-state index in [1.807, 2.05) is 7.05 Å². The predicted octanol–water partition coefficient (Wildman–Crippen LogP) is 4.04. The number of nitrogens with one attached hydrogen (secondary N) is 1. The van der Waals surface area contributed by atoms with Gasteiger partial charge in [0.05, 0.1) is 6.04 Å². The molecule has 1 unspecified atom stereocenters. The first-order valence-electron chi connectivity index (χ1n) is 7.29. The molecule has 2 aromatic rings. The third-order valence-corrected chi connectivity index (χ3v) is 3.68. The standard InChI is InChI=1S/C18H22FNO/c1-4-14-5-7-15(8-6-14)18(20-3)12-21-16-9-10-17(19)13(2)11-16/h5-11,18,20H,4,12H2,1-3H3. The Kier molecular flexibility index (Phi) is 5.34. The summed E-state index contributed by atoms with van der Waals surface area (Å²) in [7, 11) is 1.91. The highest BCUT2D eigenvalue weighted by Gasteiger charge is 2.10. The summed E-state index contributed by atoms with van der Waals surface area (Å²) in [5.41, 5.74) is 3.11. The second kappa shape index (κ2) is 7.23. The van der Waals surface area contributed by atoms with Crippen molar-refractivity contribution < 1.29 is 9.13 Å². The van der Waals surface area contributed by atoms with E-state index in [4.69, 9.17) is 4.74 Å². The van der Waals surface area contributed by atoms with Gasteiger partial charge in [0.1, 0.15) is 18.2 Å². The fourth-order valence-corrected chi connectivity index (χ4v) is 2.22. The fourth-order valence-electron chi connectivity index (χ4n) is 2.22. The van der Waals surface area contributed by atoms with Gasteiger partial charge in [-0.05, 0) is 55.3 Å². The Balaban J connectivity index is 2.02. The normalized spacial score (nSPS) is 12.2. The van der Waals surface area contributed by atoms with Crippen molar-refractivity contribution in [1.29, 1.82) is 0 Å². The van der Waals surface area contributed by atoms with Gasteiger partial charge in [-0.2, -0.15) is 0 Å². The van der Waals surface area contributed by atoms with E-state index in [0.29, 0.717) is 17.9 Å². The summed E-state index contributed by atoms with van der Waals surface area (Å²) in [6.07, 6.45) is 1.04. The average molecular weight is 287 g/mol. The Labute approximate surface area is 126 Å². The van der Waals surface area contributed by atoms with E-state index < -0.39 is 0 Å². The van der Waals surface area contributed by atoms with Gasteiger partial charge in [0.15, 0.2) is 0 Å². The van der Waals surface area contributed by atoms with E-state index in [1.165, 1.54) is 17.2 Å². The molecule has 0 aliphatic carbocycles. The van der Waals surface area contributed by atoms with E-state index in [1.54, 1.807) is 19.1 Å². The Bertz CT molecular complexity index is 580. The molecule has 0 spiro atoms. The molecule has 0 radical (unpaired) electrons. The van der Waals surface area contributed by atoms with Gasteiger partial charge in [0, 0.05) is 0 Å². The molecule has 21 heavy (non-hydrogen) atoms. The summed E-state index contributed by atoms with van der Waals surface area (Å²) >= 11 is 0. The van der Waals surface area contributed by atoms with E-state index >= 15 is 0 Å². The zero-order valence-corrected chi connectivity index (χ0v) is 12.8. The van der Waals surface area contributed by atoms with Gasteiger partial charge in [-0.15, -0.1) is 0 Å². The lowest BCUT2D eigenvalue weighted by Gasteiger charge is -2.18. The molecule has 1 atom stereocenters. The molecule has 0 saturated heterocycles. The van der Waals surface area contributed by atoms with Crippen molar-refractivity contribution in [2.24, 2.45) is 0 Å². The van der Waals surface area contributed by atoms with Gasteiger partial charge in [0.25, 0.3) is 0 Å². The molecule has 0 aliphatic rings. The van der Waals surface area contributed by atoms with Gasteiger partial charge in [-0.25, -0.2) is 4.39 Å². The van der Waals surface area contributed by atoms with Gasteiger partial charge < -0.3 is 10.1 Å². The molecule has 3 heteroatoms. The minimum Gasteiger partial charge on any atom is -0.492 e. The molecule has 1 N–H and O–H groups in total. The number of hydrogen-bond donors (Lipinski definition) is 1. The smallest absolute Gasteiger partial charge is 0.126 e. The Morgan fingerprint density at radius 3 is 2.43 bits per heavy atom. The zero-order chi connectivity index (χ0) is 15.2. The Morgan fingerprint density at radius 1 is 1.14 bits per heavy atom. The molecule has 0 heterocycles. The lowest BCUT2D eigenvalue weighted by atomic mass is 10.0. The highest BCUT2D eigenvalue weighted by molar-refractivity contribution is 5.29. The number of hydrogen-bond acceptors (Lipinski definition) is 2. The van der Waals surface area contributed by atoms with Crippen molar-refractivity contribution in [2.45, 2.75) is 26.3 Å². The highest BCUT2D eigenvalue weighted by Crippen LogP contribution is 2.19. The number of likely N-dealkylation sites (N-methyl/N-ethyl adjacent to an activating group) is 1. The molecule has 0 amide bonds. The Hall–Kier alpha value is -1.87. The van der Waals surface area contributed by atoms with Crippen LogP contribution in [-0.2, 0) is 6.42 Å². The van der Waals surface area contributed by atoms with Gasteiger partial charge in [-0.1, -0.05) is 31.2 Å². The summed E-state index contributed by atoms with van der Waals surface area (Å²) < 4.78 is 19.0. The monoisotopic (exact) mass is 287 g/mol. The molecule has 2 rings (SSSR count). The second-order valence-corrected chi connectivity index (χ2v) is 5.16. The summed E-state index contributed by atoms with van der Waals surface area (Å²) in [5.74, 6) is 0.488. The predicted molar refractivity (Wildman–Crippen MR) is 84.3 cm³/mol. The van der Waals surface area contributed by atoms with E-state index in [0.717, 1.165) is 6.42 Å². The minimum atomic E-state index is -0.206. The van der Waals surface area contributed by atoms with Crippen molar-refractivity contribution in [3.8, 4) is 5.75 Å². The van der Waals surface area contributed by atoms with Crippen molar-refractivity contribution >= 4 is 0 Å². The third kappa shape index (κ3) is 4.05. The summed E-state index contributed by atoms with van der Waals surface area (Å²) in [6, 6.07) is 13.5. The molecule has 0 bridgehead atoms. The molecule has 0 saturated carbocycles. The van der Waals surface area contributed by atoms with Crippen molar-refractivity contribution in [3.05, 3.63) is 65.0 Å². The van der Waals surface area contributed by atoms with Crippen molar-refractivity contribution in [2.75, 3.05) is 13.7 Å². The van der Waals surface area contributed by atoms with E-state index in [9.17, 15) is 4.39 Å². The largest absolute Gasteiger partial charge is 0.492 e. The minimum absolute atomic E-state index is 0.112. The molecule has 2 nitrogen and oxygen atoms in total. The number of benzene rings is 2. The van der Waals surface area contributed by atoms with Gasteiger partial charge >= 0.3 is 0 Å². The van der Waals surface area contributed by atoms with Crippen molar-refractivity contribution in [1.82, 2.24) is 5.32 Å². The van der Waals surface area contributed by atoms with Gasteiger partial charge in [-0.3, -0.25) is 0 Å². The quantitative estimate of drug-likeness (QED) is 0.866. The molecule has 0 aromatic heterocycles. The first kappa shape index (κ1) is 15.5. The molecular weight excluding hydrogens is 265 g/mol. The fraction of sp³-hybridized carbons (Fsp3) is 0.333. The molecule has 0 aliphatic heterocycles. The summed E-state index contributed by atoms with van der Waals surface area (Å²) in [6.45, 7) is 4.39. The Morgan fingerprint density at radius 2 is 1.86 bits per heavy atom. The van der Waals surface area contributed by atoms with Crippen LogP contribution in [0.1, 0.15) is 29.7 Å². The number of aryl methyl sites for hydroxylation is 2. The third-order valence-electron chi connectivity index (χ3n) is 3.68. The maximum atomic E-state index is 13.2. The zero-order valence-electron chi connectivity index (χ0n) is 12.8. The highest BCUT2D eigenvalue weighted by atomic mass is 19.1. The lowest BCUT2D eigenvalue weighted by molar-refractivity contribution is 0.272. The molecular formula is C18H22FNO. The lowest BCUT2D eigenvalue weighted by Crippen LogP contribution is -2.23. The maximum absolute atomic E-state index is 13.2. The van der Waals surface area contributed by atoms with E-state index in [2.05, 4.69) is 36.5 Å². The van der Waals surface area contributed by atoms with Crippen molar-refractivity contribution in [3.63, 3.8) is 0 Å². The van der Waals surface area contributed by atoms with Crippen LogP contribution in [0.15, 0.2) is 42.5 Å². The van der Waals surface area contributed by atoms with Crippen LogP contribution in [0.3, 0.4) is 0 Å². The summed E-state index contributed by atoms with van der Waals surface area (Å²) in [5, 5.41) is 3.25. The van der Waals surface area contributed by atoms with Crippen LogP contribution in [0, 0.1) is 12.7 Å². The van der Waals surface area contributed by atoms with Crippen LogP contribution in [0.2, 0.25) is 0 Å². The summed E-state index contributed by atoms with van der Waals surface area (Å²) in [4.78, 5) is 0. The topological polar surface area (TPSA) is 21.3 Å². The van der Waals surface area contributed by atoms with Crippen LogP contribution in [0.25, 0.3) is 0 Å². The average Bonchev–Trinajstić information content (AvgIpc) is 2.52. The second-order valence-electron chi connectivity index (χ2n) is 5.16. The van der Waals surface area contributed by atoms with Crippen LogP contribution < -0.4 is 10.1 Å².